The lowest BCUT2D eigenvalue weighted by molar-refractivity contribution is 0.599. The Labute approximate surface area is 111 Å². The van der Waals surface area contributed by atoms with E-state index in [1.807, 2.05) is 30.3 Å². The number of anilines is 1. The summed E-state index contributed by atoms with van der Waals surface area (Å²) in [7, 11) is 0. The molecule has 0 fully saturated rings. The summed E-state index contributed by atoms with van der Waals surface area (Å²) in [6, 6.07) is 12.7. The van der Waals surface area contributed by atoms with Crippen molar-refractivity contribution in [1.82, 2.24) is 5.43 Å². The van der Waals surface area contributed by atoms with Gasteiger partial charge in [0, 0.05) is 22.8 Å². The largest absolute Gasteiger partial charge is 0.321 e. The molecule has 4 heteroatoms. The number of hydrazine groups is 1. The second-order valence-electron chi connectivity index (χ2n) is 4.04. The van der Waals surface area contributed by atoms with Gasteiger partial charge in [0.05, 0.1) is 0 Å². The zero-order valence-electron chi connectivity index (χ0n) is 10.0. The number of benzene rings is 2. The maximum atomic E-state index is 13.6. The molecule has 0 heterocycles. The number of rotatable bonds is 4. The molecule has 0 bridgehead atoms. The Morgan fingerprint density at radius 2 is 1.89 bits per heavy atom. The van der Waals surface area contributed by atoms with Gasteiger partial charge < -0.3 is 5.43 Å². The van der Waals surface area contributed by atoms with E-state index in [4.69, 9.17) is 11.6 Å². The lowest BCUT2D eigenvalue weighted by Gasteiger charge is -2.10. The molecular formula is C14H14ClFN2. The molecule has 0 amide bonds. The summed E-state index contributed by atoms with van der Waals surface area (Å²) < 4.78 is 13.6. The third-order valence-corrected chi connectivity index (χ3v) is 3.02. The minimum atomic E-state index is -0.251. The molecule has 0 spiro atoms. The highest BCUT2D eigenvalue weighted by atomic mass is 35.5. The predicted molar refractivity (Wildman–Crippen MR) is 73.1 cm³/mol. The molecule has 2 rings (SSSR count). The van der Waals surface area contributed by atoms with Gasteiger partial charge in [-0.15, -0.1) is 0 Å². The topological polar surface area (TPSA) is 24.1 Å². The summed E-state index contributed by atoms with van der Waals surface area (Å²) in [5.74, 6) is -0.251. The third kappa shape index (κ3) is 3.22. The molecule has 0 aliphatic carbocycles. The normalized spacial score (nSPS) is 10.4. The second kappa shape index (κ2) is 5.85. The van der Waals surface area contributed by atoms with Crippen LogP contribution in [-0.4, -0.2) is 0 Å². The van der Waals surface area contributed by atoms with Crippen molar-refractivity contribution in [3.63, 3.8) is 0 Å². The first-order valence-electron chi connectivity index (χ1n) is 5.65. The van der Waals surface area contributed by atoms with Crippen LogP contribution in [0.5, 0.6) is 0 Å². The van der Waals surface area contributed by atoms with Crippen LogP contribution in [0.25, 0.3) is 0 Å². The van der Waals surface area contributed by atoms with Gasteiger partial charge in [-0.1, -0.05) is 29.8 Å². The molecule has 2 aromatic carbocycles. The van der Waals surface area contributed by atoms with Gasteiger partial charge >= 0.3 is 0 Å². The van der Waals surface area contributed by atoms with Gasteiger partial charge in [0.1, 0.15) is 5.82 Å². The van der Waals surface area contributed by atoms with Crippen molar-refractivity contribution in [2.45, 2.75) is 13.5 Å². The zero-order valence-corrected chi connectivity index (χ0v) is 10.8. The summed E-state index contributed by atoms with van der Waals surface area (Å²) >= 11 is 5.97. The van der Waals surface area contributed by atoms with Crippen LogP contribution in [0.15, 0.2) is 42.5 Å². The van der Waals surface area contributed by atoms with E-state index in [0.717, 1.165) is 11.3 Å². The Morgan fingerprint density at radius 3 is 2.61 bits per heavy atom. The Morgan fingerprint density at radius 1 is 1.17 bits per heavy atom. The fourth-order valence-electron chi connectivity index (χ4n) is 1.59. The predicted octanol–water partition coefficient (Wildman–Crippen LogP) is 3.90. The molecule has 2 aromatic rings. The fraction of sp³-hybridized carbons (Fsp3) is 0.143. The number of para-hydroxylation sites is 1. The van der Waals surface area contributed by atoms with Crippen LogP contribution >= 0.6 is 11.6 Å². The molecule has 0 saturated heterocycles. The first-order chi connectivity index (χ1) is 8.66. The van der Waals surface area contributed by atoms with Crippen LogP contribution < -0.4 is 10.9 Å². The SMILES string of the molecule is Cc1cc(F)c(CNNc2ccccc2)cc1Cl. The molecule has 0 atom stereocenters. The van der Waals surface area contributed by atoms with Gasteiger partial charge in [-0.05, 0) is 36.8 Å². The van der Waals surface area contributed by atoms with E-state index in [0.29, 0.717) is 17.1 Å². The highest BCUT2D eigenvalue weighted by Gasteiger charge is 2.05. The average Bonchev–Trinajstić information content (AvgIpc) is 2.37. The van der Waals surface area contributed by atoms with Crippen molar-refractivity contribution in [3.8, 4) is 0 Å². The van der Waals surface area contributed by atoms with Crippen LogP contribution in [0.4, 0.5) is 10.1 Å². The zero-order chi connectivity index (χ0) is 13.0. The molecule has 0 aliphatic rings. The maximum Gasteiger partial charge on any atom is 0.128 e. The molecular weight excluding hydrogens is 251 g/mol. The van der Waals surface area contributed by atoms with Crippen molar-refractivity contribution in [3.05, 3.63) is 64.4 Å². The van der Waals surface area contributed by atoms with E-state index in [1.54, 1.807) is 13.0 Å². The van der Waals surface area contributed by atoms with Gasteiger partial charge in [-0.2, -0.15) is 0 Å². The average molecular weight is 265 g/mol. The highest BCUT2D eigenvalue weighted by molar-refractivity contribution is 6.31. The monoisotopic (exact) mass is 264 g/mol. The van der Waals surface area contributed by atoms with Crippen LogP contribution in [0, 0.1) is 12.7 Å². The Balaban J connectivity index is 1.97. The van der Waals surface area contributed by atoms with Crippen LogP contribution in [0.3, 0.4) is 0 Å². The van der Waals surface area contributed by atoms with E-state index < -0.39 is 0 Å². The standard InChI is InChI=1S/C14H14ClFN2/c1-10-7-14(16)11(8-13(10)15)9-17-18-12-5-3-2-4-6-12/h2-8,17-18H,9H2,1H3. The maximum absolute atomic E-state index is 13.6. The number of hydrogen-bond acceptors (Lipinski definition) is 2. The number of nitrogens with one attached hydrogen (secondary N) is 2. The molecule has 0 aliphatic heterocycles. The van der Waals surface area contributed by atoms with Crippen molar-refractivity contribution in [1.29, 1.82) is 0 Å². The van der Waals surface area contributed by atoms with Gasteiger partial charge in [0.2, 0.25) is 0 Å². The summed E-state index contributed by atoms with van der Waals surface area (Å²) in [6.45, 7) is 2.14. The first kappa shape index (κ1) is 12.9. The highest BCUT2D eigenvalue weighted by Crippen LogP contribution is 2.19. The van der Waals surface area contributed by atoms with Crippen LogP contribution in [0.2, 0.25) is 5.02 Å². The van der Waals surface area contributed by atoms with Crippen molar-refractivity contribution in [2.24, 2.45) is 0 Å². The van der Waals surface area contributed by atoms with E-state index in [1.165, 1.54) is 6.07 Å². The second-order valence-corrected chi connectivity index (χ2v) is 4.44. The van der Waals surface area contributed by atoms with E-state index in [2.05, 4.69) is 10.9 Å². The molecule has 2 nitrogen and oxygen atoms in total. The number of aryl methyl sites for hydroxylation is 1. The first-order valence-corrected chi connectivity index (χ1v) is 6.03. The Kier molecular flexibility index (Phi) is 4.18. The molecule has 0 radical (unpaired) electrons. The molecule has 94 valence electrons. The summed E-state index contributed by atoms with van der Waals surface area (Å²) in [4.78, 5) is 0. The third-order valence-electron chi connectivity index (χ3n) is 2.61. The molecule has 0 aromatic heterocycles. The fourth-order valence-corrected chi connectivity index (χ4v) is 1.77. The minimum absolute atomic E-state index is 0.251. The lowest BCUT2D eigenvalue weighted by Crippen LogP contribution is -2.21. The van der Waals surface area contributed by atoms with Crippen LogP contribution in [0.1, 0.15) is 11.1 Å². The van der Waals surface area contributed by atoms with E-state index in [-0.39, 0.29) is 5.82 Å². The molecule has 0 unspecified atom stereocenters. The summed E-state index contributed by atoms with van der Waals surface area (Å²) in [6.07, 6.45) is 0. The van der Waals surface area contributed by atoms with E-state index >= 15 is 0 Å². The van der Waals surface area contributed by atoms with Gasteiger partial charge in [-0.25, -0.2) is 9.82 Å². The molecule has 2 N–H and O–H groups in total. The van der Waals surface area contributed by atoms with Crippen molar-refractivity contribution >= 4 is 17.3 Å². The number of hydrogen-bond donors (Lipinski definition) is 2. The van der Waals surface area contributed by atoms with Crippen LogP contribution in [-0.2, 0) is 6.54 Å². The molecule has 18 heavy (non-hydrogen) atoms. The van der Waals surface area contributed by atoms with Gasteiger partial charge in [0.15, 0.2) is 0 Å². The van der Waals surface area contributed by atoms with Crippen molar-refractivity contribution < 1.29 is 4.39 Å². The smallest absolute Gasteiger partial charge is 0.128 e. The van der Waals surface area contributed by atoms with E-state index in [9.17, 15) is 4.39 Å². The minimum Gasteiger partial charge on any atom is -0.321 e. The van der Waals surface area contributed by atoms with Gasteiger partial charge in [0.25, 0.3) is 0 Å². The Bertz CT molecular complexity index is 529. The quantitative estimate of drug-likeness (QED) is 0.819. The summed E-state index contributed by atoms with van der Waals surface area (Å²) in [5.41, 5.74) is 8.16. The number of halogens is 2. The van der Waals surface area contributed by atoms with Gasteiger partial charge in [-0.3, -0.25) is 0 Å². The molecule has 0 saturated carbocycles. The summed E-state index contributed by atoms with van der Waals surface area (Å²) in [5, 5.41) is 0.577. The Hall–Kier alpha value is -1.58. The van der Waals surface area contributed by atoms with Crippen molar-refractivity contribution in [2.75, 3.05) is 5.43 Å². The lowest BCUT2D eigenvalue weighted by atomic mass is 10.1.